The van der Waals surface area contributed by atoms with Gasteiger partial charge in [-0.25, -0.2) is 9.97 Å². The van der Waals surface area contributed by atoms with Crippen molar-refractivity contribution in [2.24, 2.45) is 0 Å². The maximum Gasteiger partial charge on any atom is 0.248 e. The van der Waals surface area contributed by atoms with Crippen LogP contribution in [0.15, 0.2) is 61.4 Å². The van der Waals surface area contributed by atoms with Crippen LogP contribution in [0.5, 0.6) is 0 Å². The number of pyridine rings is 1. The molecule has 1 amide bonds. The summed E-state index contributed by atoms with van der Waals surface area (Å²) in [5, 5.41) is 12.0. The summed E-state index contributed by atoms with van der Waals surface area (Å²) in [6.07, 6.45) is 10.6. The Hall–Kier alpha value is -4.55. The number of aromatic nitrogens is 7. The molecule has 40 heavy (non-hydrogen) atoms. The number of amides is 1. The van der Waals surface area contributed by atoms with Crippen molar-refractivity contribution in [3.05, 3.63) is 72.6 Å². The van der Waals surface area contributed by atoms with Crippen molar-refractivity contribution in [2.45, 2.75) is 45.1 Å². The van der Waals surface area contributed by atoms with Crippen molar-refractivity contribution in [1.29, 1.82) is 0 Å². The summed E-state index contributed by atoms with van der Waals surface area (Å²) >= 11 is 0. The molecule has 0 spiro atoms. The Morgan fingerprint density at radius 1 is 1.12 bits per heavy atom. The van der Waals surface area contributed by atoms with Gasteiger partial charge in [-0.3, -0.25) is 14.6 Å². The van der Waals surface area contributed by atoms with Crippen molar-refractivity contribution < 1.29 is 19.1 Å². The Morgan fingerprint density at radius 2 is 1.95 bits per heavy atom. The topological polar surface area (TPSA) is 139 Å². The van der Waals surface area contributed by atoms with Gasteiger partial charge >= 0.3 is 0 Å². The first-order valence-corrected chi connectivity index (χ1v) is 13.2. The Labute approximate surface area is 229 Å². The van der Waals surface area contributed by atoms with Crippen LogP contribution in [-0.2, 0) is 20.8 Å². The zero-order chi connectivity index (χ0) is 27.5. The van der Waals surface area contributed by atoms with E-state index in [2.05, 4.69) is 30.5 Å². The molecule has 0 saturated carbocycles. The monoisotopic (exact) mass is 540 g/mol. The second-order valence-corrected chi connectivity index (χ2v) is 9.75. The Morgan fingerprint density at radius 3 is 2.73 bits per heavy atom. The van der Waals surface area contributed by atoms with Crippen LogP contribution in [0, 0.1) is 0 Å². The lowest BCUT2D eigenvalue weighted by Gasteiger charge is -2.24. The molecule has 204 valence electrons. The van der Waals surface area contributed by atoms with Crippen LogP contribution < -0.4 is 5.32 Å². The zero-order valence-electron chi connectivity index (χ0n) is 21.9. The van der Waals surface area contributed by atoms with E-state index in [9.17, 15) is 9.59 Å². The highest BCUT2D eigenvalue weighted by molar-refractivity contribution is 6.16. The molecule has 4 aromatic heterocycles. The first kappa shape index (κ1) is 25.7. The van der Waals surface area contributed by atoms with E-state index in [4.69, 9.17) is 9.47 Å². The van der Waals surface area contributed by atoms with Crippen LogP contribution in [0.2, 0.25) is 0 Å². The van der Waals surface area contributed by atoms with Crippen molar-refractivity contribution in [1.82, 2.24) is 34.5 Å². The van der Waals surface area contributed by atoms with Crippen LogP contribution >= 0.6 is 0 Å². The molecule has 6 rings (SSSR count). The standard InChI is InChI=1S/C28H28N8O4/c1-18(16-40-26-8-4-5-9-39-26)35-14-22(21-13-30-17-31-28(21)35)27(38)19-10-20(12-29-11-19)32-25(37)15-36-33-23-6-2-3-7-24(23)34-36/h2-3,6-7,10-14,17-18,26H,4-5,8-9,15-16H2,1H3,(H,32,37)/t18-,26?/m0/s1. The van der Waals surface area contributed by atoms with E-state index in [-0.39, 0.29) is 30.6 Å². The fraction of sp³-hybridized carbons (Fsp3) is 0.321. The molecule has 0 bridgehead atoms. The highest BCUT2D eigenvalue weighted by atomic mass is 16.7. The normalized spacial score (nSPS) is 16.3. The Kier molecular flexibility index (Phi) is 7.25. The number of benzene rings is 1. The summed E-state index contributed by atoms with van der Waals surface area (Å²) in [7, 11) is 0. The van der Waals surface area contributed by atoms with Crippen molar-refractivity contribution in [3.8, 4) is 0 Å². The molecule has 1 fully saturated rings. The highest BCUT2D eigenvalue weighted by Crippen LogP contribution is 2.26. The van der Waals surface area contributed by atoms with Crippen LogP contribution in [0.4, 0.5) is 5.69 Å². The van der Waals surface area contributed by atoms with Gasteiger partial charge in [-0.15, -0.1) is 0 Å². The number of ketones is 1. The van der Waals surface area contributed by atoms with Crippen molar-refractivity contribution in [3.63, 3.8) is 0 Å². The molecule has 2 atom stereocenters. The first-order valence-electron chi connectivity index (χ1n) is 13.2. The van der Waals surface area contributed by atoms with Gasteiger partial charge in [0.25, 0.3) is 0 Å². The molecule has 12 nitrogen and oxygen atoms in total. The van der Waals surface area contributed by atoms with Crippen LogP contribution in [0.1, 0.15) is 48.1 Å². The molecular weight excluding hydrogens is 512 g/mol. The Balaban J connectivity index is 1.18. The summed E-state index contributed by atoms with van der Waals surface area (Å²) in [6.45, 7) is 3.05. The third kappa shape index (κ3) is 5.44. The zero-order valence-corrected chi connectivity index (χ0v) is 21.9. The number of carbonyl (C=O) groups is 2. The summed E-state index contributed by atoms with van der Waals surface area (Å²) in [4.78, 5) is 40.4. The first-order chi connectivity index (χ1) is 19.5. The van der Waals surface area contributed by atoms with E-state index in [1.54, 1.807) is 18.5 Å². The molecule has 5 heterocycles. The van der Waals surface area contributed by atoms with Gasteiger partial charge in [0, 0.05) is 36.1 Å². The van der Waals surface area contributed by atoms with Crippen LogP contribution in [0.3, 0.4) is 0 Å². The number of nitrogens with one attached hydrogen (secondary N) is 1. The van der Waals surface area contributed by atoms with Crippen LogP contribution in [-0.4, -0.2) is 65.7 Å². The van der Waals surface area contributed by atoms with Gasteiger partial charge in [0.2, 0.25) is 5.91 Å². The Bertz CT molecular complexity index is 1640. The van der Waals surface area contributed by atoms with E-state index in [0.29, 0.717) is 52.1 Å². The lowest BCUT2D eigenvalue weighted by atomic mass is 10.1. The fourth-order valence-corrected chi connectivity index (χ4v) is 4.77. The summed E-state index contributed by atoms with van der Waals surface area (Å²) in [5.41, 5.74) is 3.20. The van der Waals surface area contributed by atoms with E-state index in [1.165, 1.54) is 23.5 Å². The second kappa shape index (κ2) is 11.3. The van der Waals surface area contributed by atoms with Gasteiger partial charge in [-0.05, 0) is 44.4 Å². The second-order valence-electron chi connectivity index (χ2n) is 9.75. The van der Waals surface area contributed by atoms with E-state index < -0.39 is 0 Å². The molecule has 1 aliphatic rings. The van der Waals surface area contributed by atoms with E-state index in [0.717, 1.165) is 19.3 Å². The summed E-state index contributed by atoms with van der Waals surface area (Å²) in [6, 6.07) is 8.88. The lowest BCUT2D eigenvalue weighted by Crippen LogP contribution is -2.25. The predicted octanol–water partition coefficient (Wildman–Crippen LogP) is 3.54. The molecular formula is C28H28N8O4. The minimum Gasteiger partial charge on any atom is -0.353 e. The minimum absolute atomic E-state index is 0.0798. The summed E-state index contributed by atoms with van der Waals surface area (Å²) in [5.74, 6) is -0.599. The molecule has 1 aliphatic heterocycles. The quantitative estimate of drug-likeness (QED) is 0.278. The average molecular weight is 541 g/mol. The van der Waals surface area contributed by atoms with E-state index >= 15 is 0 Å². The largest absolute Gasteiger partial charge is 0.353 e. The van der Waals surface area contributed by atoms with Crippen molar-refractivity contribution in [2.75, 3.05) is 18.5 Å². The van der Waals surface area contributed by atoms with Gasteiger partial charge in [-0.2, -0.15) is 15.0 Å². The van der Waals surface area contributed by atoms with Gasteiger partial charge in [0.05, 0.1) is 30.1 Å². The number of hydrogen-bond donors (Lipinski definition) is 1. The number of rotatable bonds is 9. The molecule has 1 saturated heterocycles. The molecule has 0 radical (unpaired) electrons. The molecule has 1 aromatic carbocycles. The maximum absolute atomic E-state index is 13.6. The van der Waals surface area contributed by atoms with Crippen LogP contribution in [0.25, 0.3) is 22.1 Å². The van der Waals surface area contributed by atoms with E-state index in [1.807, 2.05) is 35.8 Å². The number of anilines is 1. The number of carbonyl (C=O) groups excluding carboxylic acids is 2. The number of ether oxygens (including phenoxy) is 2. The highest BCUT2D eigenvalue weighted by Gasteiger charge is 2.22. The molecule has 12 heteroatoms. The third-order valence-corrected chi connectivity index (χ3v) is 6.77. The SMILES string of the molecule is C[C@@H](COC1CCCCO1)n1cc(C(=O)c2cncc(NC(=O)Cn3nc4ccccc4n3)c2)c2cncnc21. The third-order valence-electron chi connectivity index (χ3n) is 6.77. The number of fused-ring (bicyclic) bond motifs is 2. The maximum atomic E-state index is 13.6. The molecule has 0 aliphatic carbocycles. The summed E-state index contributed by atoms with van der Waals surface area (Å²) < 4.78 is 13.6. The van der Waals surface area contributed by atoms with Gasteiger partial charge < -0.3 is 19.4 Å². The van der Waals surface area contributed by atoms with Crippen molar-refractivity contribution >= 4 is 39.4 Å². The average Bonchev–Trinajstić information content (AvgIpc) is 3.57. The molecule has 5 aromatic rings. The van der Waals surface area contributed by atoms with Gasteiger partial charge in [0.15, 0.2) is 12.1 Å². The lowest BCUT2D eigenvalue weighted by molar-refractivity contribution is -0.166. The molecule has 1 N–H and O–H groups in total. The fourth-order valence-electron chi connectivity index (χ4n) is 4.77. The minimum atomic E-state index is -0.340. The number of hydrogen-bond acceptors (Lipinski definition) is 9. The number of nitrogens with zero attached hydrogens (tertiary/aromatic N) is 7. The predicted molar refractivity (Wildman–Crippen MR) is 146 cm³/mol. The van der Waals surface area contributed by atoms with Gasteiger partial charge in [-0.1, -0.05) is 12.1 Å². The molecule has 1 unspecified atom stereocenters. The van der Waals surface area contributed by atoms with Gasteiger partial charge in [0.1, 0.15) is 29.6 Å². The smallest absolute Gasteiger partial charge is 0.248 e.